The van der Waals surface area contributed by atoms with Gasteiger partial charge in [0.1, 0.15) is 0 Å². The first-order valence-corrected chi connectivity index (χ1v) is 6.05. The summed E-state index contributed by atoms with van der Waals surface area (Å²) in [5.41, 5.74) is 5.37. The van der Waals surface area contributed by atoms with E-state index in [0.29, 0.717) is 19.4 Å². The number of hydrogen-bond donors (Lipinski definition) is 2. The summed E-state index contributed by atoms with van der Waals surface area (Å²) in [5.74, 6) is 0.0251. The van der Waals surface area contributed by atoms with Crippen molar-refractivity contribution in [2.75, 3.05) is 6.54 Å². The third kappa shape index (κ3) is 4.00. The van der Waals surface area contributed by atoms with Crippen molar-refractivity contribution >= 4 is 11.8 Å². The van der Waals surface area contributed by atoms with Gasteiger partial charge in [0.15, 0.2) is 0 Å². The molecule has 1 saturated heterocycles. The van der Waals surface area contributed by atoms with E-state index in [1.807, 2.05) is 25.7 Å². The molecule has 3 N–H and O–H groups in total. The van der Waals surface area contributed by atoms with E-state index in [2.05, 4.69) is 5.32 Å². The molecule has 0 aromatic carbocycles. The number of rotatable bonds is 3. The van der Waals surface area contributed by atoms with Gasteiger partial charge in [-0.3, -0.25) is 9.59 Å². The number of hydrogen-bond acceptors (Lipinski definition) is 3. The third-order valence-electron chi connectivity index (χ3n) is 2.81. The number of nitrogens with two attached hydrogens (primary N) is 1. The smallest absolute Gasteiger partial charge is 0.225 e. The molecule has 2 amide bonds. The fourth-order valence-corrected chi connectivity index (χ4v) is 2.03. The van der Waals surface area contributed by atoms with Gasteiger partial charge in [-0.1, -0.05) is 0 Å². The fraction of sp³-hybridized carbons (Fsp3) is 0.833. The van der Waals surface area contributed by atoms with Crippen LogP contribution in [0.15, 0.2) is 0 Å². The number of nitrogens with one attached hydrogen (secondary N) is 1. The molecule has 2 unspecified atom stereocenters. The van der Waals surface area contributed by atoms with Gasteiger partial charge in [0.05, 0.1) is 6.04 Å². The summed E-state index contributed by atoms with van der Waals surface area (Å²) in [6.45, 7) is 8.37. The lowest BCUT2D eigenvalue weighted by atomic mass is 10.1. The number of amides is 2. The average molecular weight is 241 g/mol. The van der Waals surface area contributed by atoms with Crippen LogP contribution in [0.2, 0.25) is 0 Å². The van der Waals surface area contributed by atoms with Crippen LogP contribution in [0.25, 0.3) is 0 Å². The molecule has 1 aliphatic rings. The van der Waals surface area contributed by atoms with Crippen LogP contribution in [0.4, 0.5) is 0 Å². The monoisotopic (exact) mass is 241 g/mol. The molecule has 2 atom stereocenters. The summed E-state index contributed by atoms with van der Waals surface area (Å²) in [7, 11) is 0. The third-order valence-corrected chi connectivity index (χ3v) is 2.81. The summed E-state index contributed by atoms with van der Waals surface area (Å²) < 4.78 is 0. The van der Waals surface area contributed by atoms with E-state index < -0.39 is 0 Å². The quantitative estimate of drug-likeness (QED) is 0.743. The Kier molecular flexibility index (Phi) is 4.14. The van der Waals surface area contributed by atoms with Crippen LogP contribution in [-0.4, -0.2) is 40.9 Å². The van der Waals surface area contributed by atoms with Gasteiger partial charge in [-0.25, -0.2) is 0 Å². The first-order chi connectivity index (χ1) is 7.70. The van der Waals surface area contributed by atoms with E-state index in [1.54, 1.807) is 6.92 Å². The minimum atomic E-state index is -0.183. The summed E-state index contributed by atoms with van der Waals surface area (Å²) in [5, 5.41) is 2.86. The molecular formula is C12H23N3O2. The van der Waals surface area contributed by atoms with Crippen LogP contribution in [0.3, 0.4) is 0 Å². The number of likely N-dealkylation sites (tertiary alicyclic amines) is 1. The highest BCUT2D eigenvalue weighted by Gasteiger charge is 2.36. The van der Waals surface area contributed by atoms with E-state index in [-0.39, 0.29) is 29.4 Å². The van der Waals surface area contributed by atoms with Gasteiger partial charge in [-0.05, 0) is 27.7 Å². The molecule has 0 spiro atoms. The molecule has 0 bridgehead atoms. The standard InChI is InChI=1S/C12H23N3O2/c1-8(13)5-10(16)14-9-6-11(17)15(7-9)12(2,3)4/h8-9H,5-7,13H2,1-4H3,(H,14,16). The van der Waals surface area contributed by atoms with E-state index in [4.69, 9.17) is 5.73 Å². The highest BCUT2D eigenvalue weighted by Crippen LogP contribution is 2.21. The minimum absolute atomic E-state index is 0.0754. The maximum Gasteiger partial charge on any atom is 0.225 e. The Morgan fingerprint density at radius 2 is 2.18 bits per heavy atom. The largest absolute Gasteiger partial charge is 0.351 e. The Labute approximate surface area is 103 Å². The van der Waals surface area contributed by atoms with E-state index in [1.165, 1.54) is 0 Å². The van der Waals surface area contributed by atoms with Crippen LogP contribution in [0.1, 0.15) is 40.5 Å². The summed E-state index contributed by atoms with van der Waals surface area (Å²) in [6.07, 6.45) is 0.697. The second-order valence-corrected chi connectivity index (χ2v) is 5.83. The zero-order chi connectivity index (χ0) is 13.2. The maximum atomic E-state index is 11.8. The van der Waals surface area contributed by atoms with Gasteiger partial charge in [0.25, 0.3) is 0 Å². The molecule has 1 aliphatic heterocycles. The predicted molar refractivity (Wildman–Crippen MR) is 66.3 cm³/mol. The van der Waals surface area contributed by atoms with Crippen molar-refractivity contribution in [2.45, 2.75) is 58.2 Å². The number of carbonyl (C=O) groups excluding carboxylic acids is 2. The van der Waals surface area contributed by atoms with Crippen LogP contribution >= 0.6 is 0 Å². The Hall–Kier alpha value is -1.10. The molecule has 0 aliphatic carbocycles. The van der Waals surface area contributed by atoms with E-state index >= 15 is 0 Å². The molecule has 98 valence electrons. The zero-order valence-electron chi connectivity index (χ0n) is 11.1. The van der Waals surface area contributed by atoms with Gasteiger partial charge >= 0.3 is 0 Å². The molecule has 1 fully saturated rings. The van der Waals surface area contributed by atoms with Crippen molar-refractivity contribution in [3.05, 3.63) is 0 Å². The lowest BCUT2D eigenvalue weighted by Gasteiger charge is -2.32. The van der Waals surface area contributed by atoms with Gasteiger partial charge in [-0.15, -0.1) is 0 Å². The second-order valence-electron chi connectivity index (χ2n) is 5.83. The molecule has 5 heteroatoms. The van der Waals surface area contributed by atoms with Crippen molar-refractivity contribution in [3.63, 3.8) is 0 Å². The van der Waals surface area contributed by atoms with Crippen molar-refractivity contribution in [3.8, 4) is 0 Å². The molecule has 0 aromatic rings. The molecule has 17 heavy (non-hydrogen) atoms. The highest BCUT2D eigenvalue weighted by molar-refractivity contribution is 5.82. The molecule has 5 nitrogen and oxygen atoms in total. The van der Waals surface area contributed by atoms with Crippen molar-refractivity contribution in [2.24, 2.45) is 5.73 Å². The Morgan fingerprint density at radius 3 is 2.59 bits per heavy atom. The normalized spacial score (nSPS) is 22.8. The topological polar surface area (TPSA) is 75.4 Å². The maximum absolute atomic E-state index is 11.8. The lowest BCUT2D eigenvalue weighted by molar-refractivity contribution is -0.131. The second kappa shape index (κ2) is 5.04. The van der Waals surface area contributed by atoms with Crippen molar-refractivity contribution in [1.29, 1.82) is 0 Å². The molecule has 0 radical (unpaired) electrons. The molecular weight excluding hydrogens is 218 g/mol. The van der Waals surface area contributed by atoms with Crippen LogP contribution in [-0.2, 0) is 9.59 Å². The van der Waals surface area contributed by atoms with Gasteiger partial charge < -0.3 is 16.0 Å². The van der Waals surface area contributed by atoms with Crippen LogP contribution in [0, 0.1) is 0 Å². The average Bonchev–Trinajstić information content (AvgIpc) is 2.43. The highest BCUT2D eigenvalue weighted by atomic mass is 16.2. The SMILES string of the molecule is CC(N)CC(=O)NC1CC(=O)N(C(C)(C)C)C1. The molecule has 0 aromatic heterocycles. The molecule has 1 rings (SSSR count). The Bertz CT molecular complexity index is 307. The van der Waals surface area contributed by atoms with Crippen LogP contribution < -0.4 is 11.1 Å². The molecule has 0 saturated carbocycles. The number of carbonyl (C=O) groups is 2. The van der Waals surface area contributed by atoms with E-state index in [9.17, 15) is 9.59 Å². The first-order valence-electron chi connectivity index (χ1n) is 6.05. The van der Waals surface area contributed by atoms with Crippen LogP contribution in [0.5, 0.6) is 0 Å². The summed E-state index contributed by atoms with van der Waals surface area (Å²) in [6, 6.07) is -0.223. The summed E-state index contributed by atoms with van der Waals surface area (Å²) >= 11 is 0. The molecule has 1 heterocycles. The summed E-state index contributed by atoms with van der Waals surface area (Å²) in [4.78, 5) is 25.1. The van der Waals surface area contributed by atoms with Gasteiger partial charge in [0.2, 0.25) is 11.8 Å². The first kappa shape index (κ1) is 14.0. The van der Waals surface area contributed by atoms with Crippen molar-refractivity contribution in [1.82, 2.24) is 10.2 Å². The van der Waals surface area contributed by atoms with E-state index in [0.717, 1.165) is 0 Å². The zero-order valence-corrected chi connectivity index (χ0v) is 11.1. The fourth-order valence-electron chi connectivity index (χ4n) is 2.03. The predicted octanol–water partition coefficient (Wildman–Crippen LogP) is 0.239. The lowest BCUT2D eigenvalue weighted by Crippen LogP contribution is -2.45. The minimum Gasteiger partial charge on any atom is -0.351 e. The van der Waals surface area contributed by atoms with Crippen molar-refractivity contribution < 1.29 is 9.59 Å². The Balaban J connectivity index is 2.50. The van der Waals surface area contributed by atoms with Gasteiger partial charge in [-0.2, -0.15) is 0 Å². The van der Waals surface area contributed by atoms with Gasteiger partial charge in [0, 0.05) is 31.0 Å². The Morgan fingerprint density at radius 1 is 1.59 bits per heavy atom. The number of nitrogens with zero attached hydrogens (tertiary/aromatic N) is 1.